The van der Waals surface area contributed by atoms with Crippen molar-refractivity contribution in [2.24, 2.45) is 5.10 Å². The molecule has 0 unspecified atom stereocenters. The van der Waals surface area contributed by atoms with Gasteiger partial charge in [-0.15, -0.1) is 5.12 Å². The highest BCUT2D eigenvalue weighted by Gasteiger charge is 2.58. The number of rotatable bonds is 8. The van der Waals surface area contributed by atoms with Gasteiger partial charge in [-0.3, -0.25) is 9.99 Å². The van der Waals surface area contributed by atoms with Gasteiger partial charge in [0.1, 0.15) is 36.0 Å². The number of hydrazone groups is 1. The lowest BCUT2D eigenvalue weighted by Gasteiger charge is -2.39. The Morgan fingerprint density at radius 2 is 1.61 bits per heavy atom. The van der Waals surface area contributed by atoms with Crippen molar-refractivity contribution in [1.29, 1.82) is 5.26 Å². The van der Waals surface area contributed by atoms with Crippen LogP contribution in [0.4, 0.5) is 17.6 Å². The number of pyridine rings is 1. The molecule has 3 aromatic carbocycles. The highest BCUT2D eigenvalue weighted by atomic mass is 19.3. The maximum atomic E-state index is 16.0. The van der Waals surface area contributed by atoms with Crippen LogP contribution in [-0.4, -0.2) is 40.1 Å². The number of aromatic nitrogens is 1. The fraction of sp³-hybridized carbons (Fsp3) is 0.156. The van der Waals surface area contributed by atoms with Gasteiger partial charge in [-0.2, -0.15) is 19.1 Å². The Labute approximate surface area is 250 Å². The molecule has 1 atom stereocenters. The van der Waals surface area contributed by atoms with Crippen molar-refractivity contribution in [1.82, 2.24) is 20.6 Å². The van der Waals surface area contributed by atoms with Crippen LogP contribution in [0.1, 0.15) is 33.5 Å². The minimum atomic E-state index is -4.14. The molecule has 1 aliphatic rings. The zero-order chi connectivity index (χ0) is 31.3. The standard InChI is InChI=1S/C32H24F4N6O2/c1-41-40-39-21-42(41)20-31(43,28-14-11-26(33)16-29(28)34)32(35,36)30-15-10-24(18-38-30)5-2-22-8-12-27(13-9-22)44-19-25-6-3-23(17-37)4-7-25/h3-4,6-16,18,21,40,43H,19-20H2,1H3/t31-/m1/s1. The second kappa shape index (κ2) is 12.4. The first-order chi connectivity index (χ1) is 21.1. The minimum Gasteiger partial charge on any atom is -0.489 e. The zero-order valence-corrected chi connectivity index (χ0v) is 23.2. The van der Waals surface area contributed by atoms with Crippen LogP contribution >= 0.6 is 0 Å². The minimum absolute atomic E-state index is 0.317. The molecule has 0 aliphatic carbocycles. The number of β-amino-alcohol motifs (C(OH)–C–C–N with tert-alkyl or cyclic N) is 1. The van der Waals surface area contributed by atoms with Crippen LogP contribution in [0.25, 0.3) is 0 Å². The summed E-state index contributed by atoms with van der Waals surface area (Å²) >= 11 is 0. The quantitative estimate of drug-likeness (QED) is 0.222. The number of nitrogens with zero attached hydrogens (tertiary/aromatic N) is 5. The third kappa shape index (κ3) is 6.32. The van der Waals surface area contributed by atoms with Gasteiger partial charge in [0.15, 0.2) is 5.60 Å². The summed E-state index contributed by atoms with van der Waals surface area (Å²) in [5.74, 6) is -0.0756. The van der Waals surface area contributed by atoms with Crippen LogP contribution in [0.3, 0.4) is 0 Å². The molecule has 0 bridgehead atoms. The van der Waals surface area contributed by atoms with E-state index in [1.54, 1.807) is 36.4 Å². The lowest BCUT2D eigenvalue weighted by atomic mass is 9.84. The first-order valence-corrected chi connectivity index (χ1v) is 13.1. The predicted molar refractivity (Wildman–Crippen MR) is 152 cm³/mol. The highest BCUT2D eigenvalue weighted by Crippen LogP contribution is 2.46. The summed E-state index contributed by atoms with van der Waals surface area (Å²) in [6, 6.07) is 20.4. The predicted octanol–water partition coefficient (Wildman–Crippen LogP) is 4.80. The van der Waals surface area contributed by atoms with Gasteiger partial charge in [-0.1, -0.05) is 24.0 Å². The van der Waals surface area contributed by atoms with E-state index in [0.717, 1.165) is 41.3 Å². The molecule has 44 heavy (non-hydrogen) atoms. The number of hydrazine groups is 2. The molecule has 4 aromatic rings. The molecule has 1 aromatic heterocycles. The van der Waals surface area contributed by atoms with Gasteiger partial charge in [0.05, 0.1) is 18.2 Å². The molecule has 12 heteroatoms. The molecule has 0 radical (unpaired) electrons. The summed E-state index contributed by atoms with van der Waals surface area (Å²) in [6.07, 6.45) is 2.26. The van der Waals surface area contributed by atoms with E-state index in [1.807, 2.05) is 12.1 Å². The summed E-state index contributed by atoms with van der Waals surface area (Å²) in [5, 5.41) is 26.4. The summed E-state index contributed by atoms with van der Waals surface area (Å²) < 4.78 is 66.2. The van der Waals surface area contributed by atoms with E-state index >= 15 is 8.78 Å². The van der Waals surface area contributed by atoms with E-state index < -0.39 is 41.0 Å². The Morgan fingerprint density at radius 3 is 2.23 bits per heavy atom. The van der Waals surface area contributed by atoms with Gasteiger partial charge in [-0.05, 0) is 66.2 Å². The lowest BCUT2D eigenvalue weighted by molar-refractivity contribution is -0.214. The van der Waals surface area contributed by atoms with Gasteiger partial charge in [-0.25, -0.2) is 14.3 Å². The molecule has 8 nitrogen and oxygen atoms in total. The number of aliphatic hydroxyl groups is 1. The molecule has 0 fully saturated rings. The fourth-order valence-electron chi connectivity index (χ4n) is 4.36. The summed E-state index contributed by atoms with van der Waals surface area (Å²) in [6.45, 7) is -0.520. The SMILES string of the molecule is CN1NN=CN1C[C@@](O)(c1ccc(F)cc1F)C(F)(F)c1ccc(C#Cc2ccc(OCc3ccc(C#N)cc3)cc2)cn1. The molecule has 2 N–H and O–H groups in total. The van der Waals surface area contributed by atoms with Crippen LogP contribution in [0.15, 0.2) is 90.2 Å². The number of nitrogens with one attached hydrogen (secondary N) is 1. The number of alkyl halides is 2. The normalized spacial score (nSPS) is 14.2. The van der Waals surface area contributed by atoms with Gasteiger partial charge < -0.3 is 9.84 Å². The van der Waals surface area contributed by atoms with E-state index in [2.05, 4.69) is 33.5 Å². The number of nitriles is 1. The number of benzene rings is 3. The van der Waals surface area contributed by atoms with Gasteiger partial charge >= 0.3 is 5.92 Å². The van der Waals surface area contributed by atoms with Crippen LogP contribution in [0.5, 0.6) is 5.75 Å². The molecule has 222 valence electrons. The summed E-state index contributed by atoms with van der Waals surface area (Å²) in [4.78, 5) is 3.84. The number of ether oxygens (including phenoxy) is 1. The first-order valence-electron chi connectivity index (χ1n) is 13.1. The monoisotopic (exact) mass is 600 g/mol. The average molecular weight is 601 g/mol. The summed E-state index contributed by atoms with van der Waals surface area (Å²) in [7, 11) is 1.45. The average Bonchev–Trinajstić information content (AvgIpc) is 3.43. The molecule has 1 aliphatic heterocycles. The van der Waals surface area contributed by atoms with Crippen molar-refractivity contribution in [2.75, 3.05) is 13.6 Å². The topological polar surface area (TPSA) is 97.0 Å². The third-order valence-electron chi connectivity index (χ3n) is 6.84. The van der Waals surface area contributed by atoms with Crippen molar-refractivity contribution in [3.8, 4) is 23.7 Å². The van der Waals surface area contributed by atoms with Crippen molar-refractivity contribution >= 4 is 6.34 Å². The van der Waals surface area contributed by atoms with Crippen molar-refractivity contribution in [3.05, 3.63) is 130 Å². The maximum Gasteiger partial charge on any atom is 0.323 e. The molecule has 0 amide bonds. The number of halogens is 4. The Kier molecular flexibility index (Phi) is 8.49. The Hall–Kier alpha value is -5.43. The lowest BCUT2D eigenvalue weighted by Crippen LogP contribution is -2.55. The Bertz CT molecular complexity index is 1760. The second-order valence-electron chi connectivity index (χ2n) is 9.83. The van der Waals surface area contributed by atoms with Crippen molar-refractivity contribution in [3.63, 3.8) is 0 Å². The van der Waals surface area contributed by atoms with Gasteiger partial charge in [0.25, 0.3) is 0 Å². The van der Waals surface area contributed by atoms with Crippen molar-refractivity contribution in [2.45, 2.75) is 18.1 Å². The van der Waals surface area contributed by atoms with E-state index in [9.17, 15) is 13.9 Å². The summed E-state index contributed by atoms with van der Waals surface area (Å²) in [5.41, 5.74) is 0.0765. The Balaban J connectivity index is 1.32. The smallest absolute Gasteiger partial charge is 0.323 e. The Morgan fingerprint density at radius 1 is 0.932 bits per heavy atom. The second-order valence-corrected chi connectivity index (χ2v) is 9.83. The van der Waals surface area contributed by atoms with Crippen molar-refractivity contribution < 1.29 is 27.4 Å². The van der Waals surface area contributed by atoms with E-state index in [-0.39, 0.29) is 0 Å². The van der Waals surface area contributed by atoms with Gasteiger partial charge in [0.2, 0.25) is 0 Å². The van der Waals surface area contributed by atoms with Crippen LogP contribution < -0.4 is 10.3 Å². The van der Waals surface area contributed by atoms with Gasteiger partial charge in [0, 0.05) is 36.0 Å². The fourth-order valence-corrected chi connectivity index (χ4v) is 4.36. The number of hydrogen-bond donors (Lipinski definition) is 2. The van der Waals surface area contributed by atoms with E-state index in [0.29, 0.717) is 35.1 Å². The number of hydrogen-bond acceptors (Lipinski definition) is 8. The third-order valence-corrected chi connectivity index (χ3v) is 6.84. The first kappa shape index (κ1) is 30.0. The van der Waals surface area contributed by atoms with E-state index in [4.69, 9.17) is 10.00 Å². The molecule has 0 spiro atoms. The van der Waals surface area contributed by atoms with Crippen LogP contribution in [-0.2, 0) is 18.1 Å². The highest BCUT2D eigenvalue weighted by molar-refractivity contribution is 5.55. The van der Waals surface area contributed by atoms with Crippen LogP contribution in [0, 0.1) is 34.8 Å². The van der Waals surface area contributed by atoms with E-state index in [1.165, 1.54) is 18.2 Å². The molecular formula is C32H24F4N6O2. The molecule has 2 heterocycles. The molecule has 0 saturated heterocycles. The largest absolute Gasteiger partial charge is 0.489 e. The molecule has 5 rings (SSSR count). The maximum absolute atomic E-state index is 16.0. The van der Waals surface area contributed by atoms with Crippen LogP contribution in [0.2, 0.25) is 0 Å². The molecule has 0 saturated carbocycles. The molecular weight excluding hydrogens is 576 g/mol. The zero-order valence-electron chi connectivity index (χ0n) is 23.2.